The number of aromatic amines is 1. The van der Waals surface area contributed by atoms with Crippen LogP contribution in [0.15, 0.2) is 18.2 Å². The molecule has 0 unspecified atom stereocenters. The molecule has 164 valence electrons. The van der Waals surface area contributed by atoms with E-state index in [0.717, 1.165) is 12.8 Å². The number of aromatic nitrogens is 2. The van der Waals surface area contributed by atoms with Crippen LogP contribution in [0.3, 0.4) is 0 Å². The van der Waals surface area contributed by atoms with E-state index in [9.17, 15) is 14.0 Å². The molecule has 1 saturated heterocycles. The van der Waals surface area contributed by atoms with Gasteiger partial charge in [0.1, 0.15) is 11.6 Å². The van der Waals surface area contributed by atoms with E-state index in [4.69, 9.17) is 9.90 Å². The van der Waals surface area contributed by atoms with Gasteiger partial charge in [-0.1, -0.05) is 0 Å². The van der Waals surface area contributed by atoms with E-state index < -0.39 is 0 Å². The fraction of sp³-hybridized carbons (Fsp3) is 0.500. The van der Waals surface area contributed by atoms with Crippen LogP contribution in [-0.4, -0.2) is 71.0 Å². The second kappa shape index (κ2) is 11.2. The lowest BCUT2D eigenvalue weighted by atomic mass is 10.1. The highest BCUT2D eigenvalue weighted by molar-refractivity contribution is 5.77. The largest absolute Gasteiger partial charge is 0.483 e. The zero-order valence-corrected chi connectivity index (χ0v) is 17.2. The number of fused-ring (bicyclic) bond motifs is 1. The summed E-state index contributed by atoms with van der Waals surface area (Å²) in [6, 6.07) is 4.86. The number of amides is 2. The average molecular weight is 421 g/mol. The summed E-state index contributed by atoms with van der Waals surface area (Å²) in [5, 5.41) is 12.5. The molecule has 0 bridgehead atoms. The molecule has 4 N–H and O–H groups in total. The Morgan fingerprint density at radius 1 is 1.33 bits per heavy atom. The summed E-state index contributed by atoms with van der Waals surface area (Å²) in [7, 11) is 3.65. The van der Waals surface area contributed by atoms with Crippen molar-refractivity contribution in [3.8, 4) is 0 Å². The number of halogens is 1. The number of likely N-dealkylation sites (tertiary alicyclic amines) is 1. The SMILES string of the molecule is CNC(=O)C[C@H]1CC[C@@H](CNC(=O)CCc2nc3ccc(F)cc3[nH]2)N1C.O=CO. The van der Waals surface area contributed by atoms with E-state index in [0.29, 0.717) is 42.7 Å². The Hall–Kier alpha value is -3.01. The minimum Gasteiger partial charge on any atom is -0.483 e. The molecule has 0 aliphatic carbocycles. The number of aryl methyl sites for hydroxylation is 1. The molecule has 1 aromatic heterocycles. The molecule has 2 heterocycles. The molecule has 0 radical (unpaired) electrons. The van der Waals surface area contributed by atoms with Gasteiger partial charge in [-0.15, -0.1) is 0 Å². The Morgan fingerprint density at radius 3 is 2.73 bits per heavy atom. The topological polar surface area (TPSA) is 127 Å². The number of nitrogens with zero attached hydrogens (tertiary/aromatic N) is 2. The normalized spacial score (nSPS) is 18.5. The van der Waals surface area contributed by atoms with Crippen LogP contribution in [-0.2, 0) is 20.8 Å². The maximum absolute atomic E-state index is 13.2. The number of benzene rings is 1. The molecule has 3 rings (SSSR count). The maximum atomic E-state index is 13.2. The zero-order chi connectivity index (χ0) is 22.1. The van der Waals surface area contributed by atoms with Crippen LogP contribution in [0.4, 0.5) is 4.39 Å². The molecule has 1 aliphatic heterocycles. The molecular weight excluding hydrogens is 393 g/mol. The van der Waals surface area contributed by atoms with Crippen molar-refractivity contribution < 1.29 is 23.9 Å². The molecule has 9 nitrogen and oxygen atoms in total. The summed E-state index contributed by atoms with van der Waals surface area (Å²) in [6.45, 7) is 0.324. The summed E-state index contributed by atoms with van der Waals surface area (Å²) in [5.74, 6) is 0.368. The van der Waals surface area contributed by atoms with E-state index in [1.165, 1.54) is 12.1 Å². The van der Waals surface area contributed by atoms with Crippen LogP contribution in [0, 0.1) is 5.82 Å². The summed E-state index contributed by atoms with van der Waals surface area (Å²) in [5.41, 5.74) is 1.33. The summed E-state index contributed by atoms with van der Waals surface area (Å²) >= 11 is 0. The average Bonchev–Trinajstić information content (AvgIpc) is 3.28. The van der Waals surface area contributed by atoms with Crippen LogP contribution >= 0.6 is 0 Å². The van der Waals surface area contributed by atoms with Gasteiger partial charge < -0.3 is 20.7 Å². The quantitative estimate of drug-likeness (QED) is 0.495. The number of nitrogens with one attached hydrogen (secondary N) is 3. The summed E-state index contributed by atoms with van der Waals surface area (Å²) in [4.78, 5) is 41.7. The Balaban J connectivity index is 0.00000101. The first kappa shape index (κ1) is 23.3. The number of imidazole rings is 1. The van der Waals surface area contributed by atoms with Gasteiger partial charge in [0, 0.05) is 44.9 Å². The van der Waals surface area contributed by atoms with E-state index in [2.05, 4.69) is 25.5 Å². The standard InChI is InChI=1S/C19H26FN5O2.CH2O2/c1-21-19(27)10-13-4-5-14(25(13)2)11-22-18(26)8-7-17-23-15-6-3-12(20)9-16(15)24-17;2-1-3/h3,6,9,13-14H,4-5,7-8,10-11H2,1-2H3,(H,21,27)(H,22,26)(H,23,24);1H,(H,2,3)/t13-,14+;/m1./s1. The molecule has 2 atom stereocenters. The number of carbonyl (C=O) groups is 3. The van der Waals surface area contributed by atoms with Crippen molar-refractivity contribution >= 4 is 29.3 Å². The Bertz CT molecular complexity index is 872. The predicted molar refractivity (Wildman–Crippen MR) is 109 cm³/mol. The molecule has 30 heavy (non-hydrogen) atoms. The number of carboxylic acid groups (broad SMARTS) is 1. The molecule has 0 spiro atoms. The first-order chi connectivity index (χ1) is 14.4. The lowest BCUT2D eigenvalue weighted by Crippen LogP contribution is -2.42. The van der Waals surface area contributed by atoms with E-state index in [-0.39, 0.29) is 36.2 Å². The number of carbonyl (C=O) groups excluding carboxylic acids is 2. The van der Waals surface area contributed by atoms with Crippen molar-refractivity contribution in [1.82, 2.24) is 25.5 Å². The molecule has 1 aromatic carbocycles. The monoisotopic (exact) mass is 421 g/mol. The Kier molecular flexibility index (Phi) is 8.72. The predicted octanol–water partition coefficient (Wildman–Crippen LogP) is 1.05. The number of rotatable bonds is 7. The number of likely N-dealkylation sites (N-methyl/N-ethyl adjacent to an activating group) is 1. The molecule has 1 aliphatic rings. The lowest BCUT2D eigenvalue weighted by Gasteiger charge is -2.25. The third kappa shape index (κ3) is 6.51. The third-order valence-corrected chi connectivity index (χ3v) is 5.30. The fourth-order valence-electron chi connectivity index (χ4n) is 3.60. The van der Waals surface area contributed by atoms with E-state index in [1.54, 1.807) is 13.1 Å². The van der Waals surface area contributed by atoms with Gasteiger partial charge >= 0.3 is 0 Å². The minimum absolute atomic E-state index is 0.0372. The maximum Gasteiger partial charge on any atom is 0.290 e. The van der Waals surface area contributed by atoms with Gasteiger partial charge in [-0.2, -0.15) is 0 Å². The highest BCUT2D eigenvalue weighted by atomic mass is 19.1. The van der Waals surface area contributed by atoms with E-state index >= 15 is 0 Å². The molecular formula is C20H28FN5O4. The van der Waals surface area contributed by atoms with Gasteiger partial charge in [0.05, 0.1) is 11.0 Å². The van der Waals surface area contributed by atoms with Crippen molar-refractivity contribution in [3.05, 3.63) is 29.8 Å². The van der Waals surface area contributed by atoms with Gasteiger partial charge in [-0.3, -0.25) is 19.3 Å². The van der Waals surface area contributed by atoms with Crippen molar-refractivity contribution in [3.63, 3.8) is 0 Å². The third-order valence-electron chi connectivity index (χ3n) is 5.30. The van der Waals surface area contributed by atoms with Crippen LogP contribution in [0.5, 0.6) is 0 Å². The van der Waals surface area contributed by atoms with Gasteiger partial charge in [-0.05, 0) is 38.1 Å². The van der Waals surface area contributed by atoms with Crippen molar-refractivity contribution in [2.75, 3.05) is 20.6 Å². The smallest absolute Gasteiger partial charge is 0.290 e. The van der Waals surface area contributed by atoms with E-state index in [1.807, 2.05) is 7.05 Å². The van der Waals surface area contributed by atoms with Crippen molar-refractivity contribution in [2.45, 2.75) is 44.2 Å². The van der Waals surface area contributed by atoms with Crippen molar-refractivity contribution in [1.29, 1.82) is 0 Å². The number of hydrogen-bond donors (Lipinski definition) is 4. The van der Waals surface area contributed by atoms with Gasteiger partial charge in [0.2, 0.25) is 11.8 Å². The highest BCUT2D eigenvalue weighted by Gasteiger charge is 2.31. The molecule has 10 heteroatoms. The van der Waals surface area contributed by atoms with Gasteiger partial charge in [-0.25, -0.2) is 9.37 Å². The Labute approximate surface area is 174 Å². The summed E-state index contributed by atoms with van der Waals surface area (Å²) < 4.78 is 13.2. The fourth-order valence-corrected chi connectivity index (χ4v) is 3.60. The number of hydrogen-bond acceptors (Lipinski definition) is 5. The summed E-state index contributed by atoms with van der Waals surface area (Å²) in [6.07, 6.45) is 3.21. The Morgan fingerprint density at radius 2 is 2.03 bits per heavy atom. The molecule has 2 amide bonds. The van der Waals surface area contributed by atoms with Crippen LogP contribution in [0.25, 0.3) is 11.0 Å². The first-order valence-corrected chi connectivity index (χ1v) is 9.79. The molecule has 0 saturated carbocycles. The van der Waals surface area contributed by atoms with Gasteiger partial charge in [0.15, 0.2) is 0 Å². The number of H-pyrrole nitrogens is 1. The van der Waals surface area contributed by atoms with Crippen molar-refractivity contribution in [2.24, 2.45) is 0 Å². The van der Waals surface area contributed by atoms with Crippen LogP contribution in [0.1, 0.15) is 31.5 Å². The first-order valence-electron chi connectivity index (χ1n) is 9.79. The van der Waals surface area contributed by atoms with Crippen LogP contribution in [0.2, 0.25) is 0 Å². The van der Waals surface area contributed by atoms with Gasteiger partial charge in [0.25, 0.3) is 6.47 Å². The molecule has 1 fully saturated rings. The van der Waals surface area contributed by atoms with Crippen LogP contribution < -0.4 is 10.6 Å². The second-order valence-electron chi connectivity index (χ2n) is 7.18. The lowest BCUT2D eigenvalue weighted by molar-refractivity contribution is -0.123. The highest BCUT2D eigenvalue weighted by Crippen LogP contribution is 2.24. The minimum atomic E-state index is -0.314. The second-order valence-corrected chi connectivity index (χ2v) is 7.18. The zero-order valence-electron chi connectivity index (χ0n) is 17.2. The molecule has 2 aromatic rings.